The van der Waals surface area contributed by atoms with Gasteiger partial charge in [0.15, 0.2) is 5.16 Å². The van der Waals surface area contributed by atoms with Gasteiger partial charge in [-0.1, -0.05) is 55.9 Å². The Kier molecular flexibility index (Phi) is 6.67. The first kappa shape index (κ1) is 23.2. The third-order valence-corrected chi connectivity index (χ3v) is 7.27. The van der Waals surface area contributed by atoms with E-state index in [0.717, 1.165) is 22.4 Å². The predicted molar refractivity (Wildman–Crippen MR) is 135 cm³/mol. The fraction of sp³-hybridized carbons (Fsp3) is 0.240. The van der Waals surface area contributed by atoms with Crippen molar-refractivity contribution in [3.05, 3.63) is 75.1 Å². The van der Waals surface area contributed by atoms with Gasteiger partial charge in [-0.25, -0.2) is 9.37 Å². The maximum absolute atomic E-state index is 13.3. The summed E-state index contributed by atoms with van der Waals surface area (Å²) in [6.07, 6.45) is 0. The maximum atomic E-state index is 13.3. The minimum atomic E-state index is -0.471. The molecule has 1 unspecified atom stereocenters. The van der Waals surface area contributed by atoms with E-state index in [9.17, 15) is 14.0 Å². The average Bonchev–Trinajstić information content (AvgIpc) is 3.20. The number of carbonyl (C=O) groups is 1. The summed E-state index contributed by atoms with van der Waals surface area (Å²) >= 11 is 2.55. The molecule has 5 nitrogen and oxygen atoms in total. The van der Waals surface area contributed by atoms with Crippen LogP contribution in [0, 0.1) is 12.7 Å². The zero-order valence-electron chi connectivity index (χ0n) is 18.7. The van der Waals surface area contributed by atoms with Crippen LogP contribution in [0.4, 0.5) is 10.1 Å². The van der Waals surface area contributed by atoms with Gasteiger partial charge < -0.3 is 10.3 Å². The van der Waals surface area contributed by atoms with E-state index >= 15 is 0 Å². The standard InChI is InChI=1S/C25H24FN3O2S2/c1-13(2)18-7-5-6-14(3)21(18)27-22(30)15(4)33-25-28-23(31)20-19(12-32-24(20)29-25)16-8-10-17(26)11-9-16/h5-13,15H,1-4H3,(H,27,30)(H,28,29,31). The zero-order valence-corrected chi connectivity index (χ0v) is 20.4. The van der Waals surface area contributed by atoms with Crippen LogP contribution in [-0.4, -0.2) is 21.1 Å². The number of anilines is 1. The number of nitrogens with zero attached hydrogens (tertiary/aromatic N) is 1. The van der Waals surface area contributed by atoms with Crippen LogP contribution in [0.5, 0.6) is 0 Å². The number of aromatic nitrogens is 2. The Morgan fingerprint density at radius 1 is 1.15 bits per heavy atom. The van der Waals surface area contributed by atoms with Crippen molar-refractivity contribution in [2.75, 3.05) is 5.32 Å². The number of hydrogen-bond donors (Lipinski definition) is 2. The number of nitrogens with one attached hydrogen (secondary N) is 2. The predicted octanol–water partition coefficient (Wildman–Crippen LogP) is 6.34. The van der Waals surface area contributed by atoms with E-state index in [0.29, 0.717) is 20.9 Å². The Morgan fingerprint density at radius 3 is 2.58 bits per heavy atom. The molecule has 0 aliphatic carbocycles. The number of rotatable bonds is 6. The highest BCUT2D eigenvalue weighted by molar-refractivity contribution is 8.00. The SMILES string of the molecule is Cc1cccc(C(C)C)c1NC(=O)C(C)Sc1nc2scc(-c3ccc(F)cc3)c2c(=O)[nH]1. The minimum Gasteiger partial charge on any atom is -0.325 e. The number of para-hydroxylation sites is 1. The summed E-state index contributed by atoms with van der Waals surface area (Å²) in [5, 5.41) is 5.28. The summed E-state index contributed by atoms with van der Waals surface area (Å²) in [4.78, 5) is 33.7. The number of thioether (sulfide) groups is 1. The second kappa shape index (κ2) is 9.49. The lowest BCUT2D eigenvalue weighted by atomic mass is 9.98. The van der Waals surface area contributed by atoms with Crippen LogP contribution in [0.25, 0.3) is 21.3 Å². The van der Waals surface area contributed by atoms with Crippen LogP contribution in [0.1, 0.15) is 37.8 Å². The molecule has 0 radical (unpaired) electrons. The molecule has 2 N–H and O–H groups in total. The van der Waals surface area contributed by atoms with Crippen LogP contribution < -0.4 is 10.9 Å². The molecule has 8 heteroatoms. The smallest absolute Gasteiger partial charge is 0.260 e. The number of carbonyl (C=O) groups excluding carboxylic acids is 1. The second-order valence-electron chi connectivity index (χ2n) is 8.15. The molecule has 0 saturated carbocycles. The second-order valence-corrected chi connectivity index (χ2v) is 10.3. The quantitative estimate of drug-likeness (QED) is 0.249. The molecular weight excluding hydrogens is 457 g/mol. The number of aryl methyl sites for hydroxylation is 1. The van der Waals surface area contributed by atoms with Gasteiger partial charge in [-0.05, 0) is 48.6 Å². The molecule has 33 heavy (non-hydrogen) atoms. The van der Waals surface area contributed by atoms with Crippen molar-refractivity contribution in [2.45, 2.75) is 44.0 Å². The van der Waals surface area contributed by atoms with Crippen molar-refractivity contribution in [3.63, 3.8) is 0 Å². The van der Waals surface area contributed by atoms with Crippen LogP contribution in [0.2, 0.25) is 0 Å². The number of aromatic amines is 1. The highest BCUT2D eigenvalue weighted by Crippen LogP contribution is 2.33. The summed E-state index contributed by atoms with van der Waals surface area (Å²) in [6.45, 7) is 7.94. The summed E-state index contributed by atoms with van der Waals surface area (Å²) in [5.74, 6) is -0.211. The fourth-order valence-electron chi connectivity index (χ4n) is 3.62. The Hall–Kier alpha value is -2.97. The van der Waals surface area contributed by atoms with E-state index in [1.54, 1.807) is 19.1 Å². The van der Waals surface area contributed by atoms with Gasteiger partial charge in [0, 0.05) is 16.6 Å². The number of thiophene rings is 1. The van der Waals surface area contributed by atoms with Crippen molar-refractivity contribution in [1.29, 1.82) is 0 Å². The van der Waals surface area contributed by atoms with E-state index in [4.69, 9.17) is 0 Å². The van der Waals surface area contributed by atoms with E-state index < -0.39 is 5.25 Å². The molecule has 1 amide bonds. The minimum absolute atomic E-state index is 0.155. The van der Waals surface area contributed by atoms with Gasteiger partial charge in [0.2, 0.25) is 5.91 Å². The van der Waals surface area contributed by atoms with Crippen molar-refractivity contribution >= 4 is 44.9 Å². The topological polar surface area (TPSA) is 74.8 Å². The van der Waals surface area contributed by atoms with Crippen molar-refractivity contribution < 1.29 is 9.18 Å². The first-order valence-corrected chi connectivity index (χ1v) is 12.3. The van der Waals surface area contributed by atoms with Gasteiger partial charge in [0.1, 0.15) is 10.6 Å². The summed E-state index contributed by atoms with van der Waals surface area (Å²) in [6, 6.07) is 12.0. The fourth-order valence-corrected chi connectivity index (χ4v) is 5.42. The van der Waals surface area contributed by atoms with Crippen molar-refractivity contribution in [1.82, 2.24) is 9.97 Å². The number of fused-ring (bicyclic) bond motifs is 1. The lowest BCUT2D eigenvalue weighted by Gasteiger charge is -2.18. The van der Waals surface area contributed by atoms with E-state index in [-0.39, 0.29) is 23.2 Å². The molecule has 0 spiro atoms. The Labute approximate surface area is 199 Å². The first-order valence-electron chi connectivity index (χ1n) is 10.6. The lowest BCUT2D eigenvalue weighted by Crippen LogP contribution is -2.24. The van der Waals surface area contributed by atoms with E-state index in [1.807, 2.05) is 30.5 Å². The van der Waals surface area contributed by atoms with Crippen molar-refractivity contribution in [2.24, 2.45) is 0 Å². The molecule has 4 rings (SSSR count). The third kappa shape index (κ3) is 4.86. The molecule has 2 heterocycles. The lowest BCUT2D eigenvalue weighted by molar-refractivity contribution is -0.115. The number of hydrogen-bond acceptors (Lipinski definition) is 5. The molecule has 0 aliphatic heterocycles. The van der Waals surface area contributed by atoms with E-state index in [1.165, 1.54) is 35.2 Å². The molecule has 0 fully saturated rings. The Balaban J connectivity index is 1.56. The van der Waals surface area contributed by atoms with Gasteiger partial charge in [0.05, 0.1) is 10.6 Å². The van der Waals surface area contributed by atoms with Crippen LogP contribution in [-0.2, 0) is 4.79 Å². The number of halogens is 1. The van der Waals surface area contributed by atoms with Gasteiger partial charge in [-0.15, -0.1) is 11.3 Å². The zero-order chi connectivity index (χ0) is 23.7. The van der Waals surface area contributed by atoms with Crippen molar-refractivity contribution in [3.8, 4) is 11.1 Å². The summed E-state index contributed by atoms with van der Waals surface area (Å²) < 4.78 is 13.3. The van der Waals surface area contributed by atoms with Gasteiger partial charge >= 0.3 is 0 Å². The maximum Gasteiger partial charge on any atom is 0.260 e. The third-order valence-electron chi connectivity index (χ3n) is 5.41. The van der Waals surface area contributed by atoms with Gasteiger partial charge in [0.25, 0.3) is 5.56 Å². The number of amides is 1. The largest absolute Gasteiger partial charge is 0.325 e. The molecular formula is C25H24FN3O2S2. The molecule has 1 atom stereocenters. The average molecular weight is 482 g/mol. The number of benzene rings is 2. The van der Waals surface area contributed by atoms with Gasteiger partial charge in [-0.3, -0.25) is 9.59 Å². The molecule has 4 aromatic rings. The molecule has 2 aromatic heterocycles. The van der Waals surface area contributed by atoms with Crippen LogP contribution >= 0.6 is 23.1 Å². The first-order chi connectivity index (χ1) is 15.7. The Bertz CT molecular complexity index is 1380. The van der Waals surface area contributed by atoms with Crippen LogP contribution in [0.15, 0.2) is 57.8 Å². The monoisotopic (exact) mass is 481 g/mol. The van der Waals surface area contributed by atoms with Gasteiger partial charge in [-0.2, -0.15) is 0 Å². The normalized spacial score (nSPS) is 12.3. The van der Waals surface area contributed by atoms with Crippen LogP contribution in [0.3, 0.4) is 0 Å². The van der Waals surface area contributed by atoms with E-state index in [2.05, 4.69) is 29.1 Å². The molecule has 0 saturated heterocycles. The number of H-pyrrole nitrogens is 1. The Morgan fingerprint density at radius 2 is 1.88 bits per heavy atom. The highest BCUT2D eigenvalue weighted by atomic mass is 32.2. The highest BCUT2D eigenvalue weighted by Gasteiger charge is 2.20. The summed E-state index contributed by atoms with van der Waals surface area (Å²) in [5.41, 5.74) is 4.11. The molecule has 2 aromatic carbocycles. The molecule has 0 bridgehead atoms. The molecule has 0 aliphatic rings. The summed E-state index contributed by atoms with van der Waals surface area (Å²) in [7, 11) is 0. The molecule has 170 valence electrons.